The van der Waals surface area contributed by atoms with E-state index in [2.05, 4.69) is 0 Å². The highest BCUT2D eigenvalue weighted by molar-refractivity contribution is 7.88. The number of rotatable bonds is 5. The minimum atomic E-state index is -3.32. The van der Waals surface area contributed by atoms with Crippen molar-refractivity contribution in [2.24, 2.45) is 0 Å². The van der Waals surface area contributed by atoms with Crippen LogP contribution in [0.15, 0.2) is 0 Å². The summed E-state index contributed by atoms with van der Waals surface area (Å²) < 4.78 is 29.5. The van der Waals surface area contributed by atoms with Gasteiger partial charge in [-0.1, -0.05) is 13.3 Å². The molecular weight excluding hydrogens is 242 g/mol. The summed E-state index contributed by atoms with van der Waals surface area (Å²) in [4.78, 5) is 11.8. The molecule has 0 aromatic rings. The van der Waals surface area contributed by atoms with Gasteiger partial charge in [0.25, 0.3) is 0 Å². The lowest BCUT2D eigenvalue weighted by Gasteiger charge is -2.31. The van der Waals surface area contributed by atoms with Crippen molar-refractivity contribution in [3.8, 4) is 0 Å². The van der Waals surface area contributed by atoms with Gasteiger partial charge in [0.15, 0.2) is 0 Å². The first-order valence-electron chi connectivity index (χ1n) is 6.10. The SMILES string of the molecule is CCCCOC(=O)C1CCCCN1S(C)(=O)=O. The zero-order chi connectivity index (χ0) is 12.9. The third-order valence-corrected chi connectivity index (χ3v) is 4.18. The lowest BCUT2D eigenvalue weighted by Crippen LogP contribution is -2.48. The summed E-state index contributed by atoms with van der Waals surface area (Å²) >= 11 is 0. The van der Waals surface area contributed by atoms with Crippen LogP contribution in [0.5, 0.6) is 0 Å². The van der Waals surface area contributed by atoms with Crippen LogP contribution in [0, 0.1) is 0 Å². The van der Waals surface area contributed by atoms with Gasteiger partial charge in [0.1, 0.15) is 6.04 Å². The number of ether oxygens (including phenoxy) is 1. The van der Waals surface area contributed by atoms with Gasteiger partial charge >= 0.3 is 5.97 Å². The fourth-order valence-electron chi connectivity index (χ4n) is 1.95. The minimum absolute atomic E-state index is 0.378. The van der Waals surface area contributed by atoms with E-state index < -0.39 is 22.0 Å². The van der Waals surface area contributed by atoms with Crippen molar-refractivity contribution in [3.63, 3.8) is 0 Å². The highest BCUT2D eigenvalue weighted by Crippen LogP contribution is 2.20. The Morgan fingerprint density at radius 2 is 2.12 bits per heavy atom. The second-order valence-electron chi connectivity index (χ2n) is 4.41. The van der Waals surface area contributed by atoms with E-state index in [-0.39, 0.29) is 0 Å². The first-order chi connectivity index (χ1) is 7.96. The maximum Gasteiger partial charge on any atom is 0.324 e. The standard InChI is InChI=1S/C11H21NO4S/c1-3-4-9-16-11(13)10-7-5-6-8-12(10)17(2,14)15/h10H,3-9H2,1-2H3. The summed E-state index contributed by atoms with van der Waals surface area (Å²) in [5.41, 5.74) is 0. The lowest BCUT2D eigenvalue weighted by molar-refractivity contribution is -0.149. The van der Waals surface area contributed by atoms with E-state index in [1.807, 2.05) is 6.92 Å². The van der Waals surface area contributed by atoms with Gasteiger partial charge in [-0.25, -0.2) is 8.42 Å². The molecule has 0 aromatic carbocycles. The highest BCUT2D eigenvalue weighted by atomic mass is 32.2. The van der Waals surface area contributed by atoms with Gasteiger partial charge in [-0.05, 0) is 25.7 Å². The maximum absolute atomic E-state index is 11.8. The number of unbranched alkanes of at least 4 members (excludes halogenated alkanes) is 1. The summed E-state index contributed by atoms with van der Waals surface area (Å²) in [7, 11) is -3.32. The van der Waals surface area contributed by atoms with Crippen LogP contribution in [0.2, 0.25) is 0 Å². The van der Waals surface area contributed by atoms with Gasteiger partial charge in [-0.3, -0.25) is 4.79 Å². The molecule has 1 aliphatic rings. The minimum Gasteiger partial charge on any atom is -0.464 e. The molecule has 1 atom stereocenters. The van der Waals surface area contributed by atoms with Crippen molar-refractivity contribution in [1.82, 2.24) is 4.31 Å². The molecule has 0 bridgehead atoms. The van der Waals surface area contributed by atoms with E-state index in [0.717, 1.165) is 31.9 Å². The largest absolute Gasteiger partial charge is 0.464 e. The van der Waals surface area contributed by atoms with E-state index in [4.69, 9.17) is 4.74 Å². The number of hydrogen-bond acceptors (Lipinski definition) is 4. The Balaban J connectivity index is 2.62. The number of sulfonamides is 1. The fourth-order valence-corrected chi connectivity index (χ4v) is 3.07. The maximum atomic E-state index is 11.8. The number of carbonyl (C=O) groups is 1. The molecule has 0 N–H and O–H groups in total. The molecule has 100 valence electrons. The summed E-state index contributed by atoms with van der Waals surface area (Å²) in [5.74, 6) is -0.399. The summed E-state index contributed by atoms with van der Waals surface area (Å²) in [6, 6.07) is -0.615. The molecule has 0 radical (unpaired) electrons. The van der Waals surface area contributed by atoms with Crippen molar-refractivity contribution in [3.05, 3.63) is 0 Å². The van der Waals surface area contributed by atoms with Crippen LogP contribution in [-0.4, -0.2) is 44.1 Å². The fraction of sp³-hybridized carbons (Fsp3) is 0.909. The molecule has 0 aromatic heterocycles. The van der Waals surface area contributed by atoms with E-state index in [0.29, 0.717) is 19.6 Å². The number of hydrogen-bond donors (Lipinski definition) is 0. The number of esters is 1. The molecule has 1 heterocycles. The predicted molar refractivity (Wildman–Crippen MR) is 65.1 cm³/mol. The first kappa shape index (κ1) is 14.4. The molecule has 17 heavy (non-hydrogen) atoms. The first-order valence-corrected chi connectivity index (χ1v) is 7.95. The monoisotopic (exact) mass is 263 g/mol. The molecule has 1 aliphatic heterocycles. The van der Waals surface area contributed by atoms with Crippen LogP contribution < -0.4 is 0 Å². The molecule has 5 nitrogen and oxygen atoms in total. The average molecular weight is 263 g/mol. The molecular formula is C11H21NO4S. The zero-order valence-electron chi connectivity index (χ0n) is 10.5. The van der Waals surface area contributed by atoms with Crippen LogP contribution in [0.25, 0.3) is 0 Å². The molecule has 0 amide bonds. The molecule has 1 unspecified atom stereocenters. The smallest absolute Gasteiger partial charge is 0.324 e. The van der Waals surface area contributed by atoms with Gasteiger partial charge in [-0.2, -0.15) is 4.31 Å². The Hall–Kier alpha value is -0.620. The third kappa shape index (κ3) is 4.27. The Labute approximate surface area is 103 Å². The zero-order valence-corrected chi connectivity index (χ0v) is 11.3. The predicted octanol–water partition coefficient (Wildman–Crippen LogP) is 1.14. The topological polar surface area (TPSA) is 63.7 Å². The van der Waals surface area contributed by atoms with Crippen molar-refractivity contribution in [2.75, 3.05) is 19.4 Å². The van der Waals surface area contributed by atoms with E-state index in [9.17, 15) is 13.2 Å². The van der Waals surface area contributed by atoms with Gasteiger partial charge in [0.2, 0.25) is 10.0 Å². The summed E-state index contributed by atoms with van der Waals surface area (Å²) in [5, 5.41) is 0. The van der Waals surface area contributed by atoms with Gasteiger partial charge in [0, 0.05) is 6.54 Å². The molecule has 1 fully saturated rings. The molecule has 0 aliphatic carbocycles. The van der Waals surface area contributed by atoms with E-state index >= 15 is 0 Å². The quantitative estimate of drug-likeness (QED) is 0.551. The van der Waals surface area contributed by atoms with Gasteiger partial charge in [-0.15, -0.1) is 0 Å². The Bertz CT molecular complexity index is 352. The number of carbonyl (C=O) groups excluding carboxylic acids is 1. The molecule has 1 rings (SSSR count). The van der Waals surface area contributed by atoms with E-state index in [1.165, 1.54) is 4.31 Å². The van der Waals surface area contributed by atoms with Crippen LogP contribution in [0.3, 0.4) is 0 Å². The molecule has 1 saturated heterocycles. The van der Waals surface area contributed by atoms with Crippen LogP contribution in [-0.2, 0) is 19.6 Å². The normalized spacial score (nSPS) is 22.4. The highest BCUT2D eigenvalue weighted by Gasteiger charge is 2.35. The van der Waals surface area contributed by atoms with Crippen LogP contribution in [0.1, 0.15) is 39.0 Å². The van der Waals surface area contributed by atoms with Crippen LogP contribution >= 0.6 is 0 Å². The van der Waals surface area contributed by atoms with Gasteiger partial charge in [0.05, 0.1) is 12.9 Å². The number of nitrogens with zero attached hydrogens (tertiary/aromatic N) is 1. The Morgan fingerprint density at radius 3 is 2.71 bits per heavy atom. The van der Waals surface area contributed by atoms with Crippen molar-refractivity contribution in [2.45, 2.75) is 45.1 Å². The molecule has 6 heteroatoms. The van der Waals surface area contributed by atoms with Crippen molar-refractivity contribution >= 4 is 16.0 Å². The summed E-state index contributed by atoms with van der Waals surface area (Å²) in [6.45, 7) is 2.81. The molecule has 0 saturated carbocycles. The second kappa shape index (κ2) is 6.35. The van der Waals surface area contributed by atoms with Crippen LogP contribution in [0.4, 0.5) is 0 Å². The Kier molecular flexibility index (Phi) is 5.39. The second-order valence-corrected chi connectivity index (χ2v) is 6.34. The summed E-state index contributed by atoms with van der Waals surface area (Å²) in [6.07, 6.45) is 5.17. The average Bonchev–Trinajstić information content (AvgIpc) is 2.28. The van der Waals surface area contributed by atoms with Crippen molar-refractivity contribution < 1.29 is 17.9 Å². The number of piperidine rings is 1. The lowest BCUT2D eigenvalue weighted by atomic mass is 10.1. The Morgan fingerprint density at radius 1 is 1.41 bits per heavy atom. The van der Waals surface area contributed by atoms with E-state index in [1.54, 1.807) is 0 Å². The molecule has 0 spiro atoms. The van der Waals surface area contributed by atoms with Crippen molar-refractivity contribution in [1.29, 1.82) is 0 Å². The van der Waals surface area contributed by atoms with Gasteiger partial charge < -0.3 is 4.74 Å². The third-order valence-electron chi connectivity index (χ3n) is 2.89.